The average molecular weight is 478 g/mol. The van der Waals surface area contributed by atoms with Crippen LogP contribution in [0.2, 0.25) is 0 Å². The van der Waals surface area contributed by atoms with Gasteiger partial charge in [0.2, 0.25) is 5.91 Å². The molecule has 3 aromatic rings. The maximum absolute atomic E-state index is 13.5. The molecule has 2 aliphatic rings. The van der Waals surface area contributed by atoms with Crippen LogP contribution in [-0.4, -0.2) is 58.9 Å². The van der Waals surface area contributed by atoms with Crippen LogP contribution in [0.5, 0.6) is 0 Å². The lowest BCUT2D eigenvalue weighted by atomic mass is 10.0. The number of aryl methyl sites for hydroxylation is 1. The fourth-order valence-electron chi connectivity index (χ4n) is 4.93. The summed E-state index contributed by atoms with van der Waals surface area (Å²) in [6, 6.07) is 12.6. The minimum Gasteiger partial charge on any atom is -0.368 e. The van der Waals surface area contributed by atoms with Crippen molar-refractivity contribution in [1.82, 2.24) is 14.8 Å². The molecule has 0 bridgehead atoms. The highest BCUT2D eigenvalue weighted by molar-refractivity contribution is 7.13. The first-order valence-corrected chi connectivity index (χ1v) is 13.1. The lowest BCUT2D eigenvalue weighted by molar-refractivity contribution is -0.141. The number of nitrogens with zero attached hydrogens (tertiary/aromatic N) is 3. The number of benzene rings is 1. The maximum Gasteiger partial charge on any atom is 0.252 e. The van der Waals surface area contributed by atoms with Crippen LogP contribution in [0.15, 0.2) is 41.8 Å². The molecule has 2 aromatic heterocycles. The van der Waals surface area contributed by atoms with Gasteiger partial charge in [-0.3, -0.25) is 9.59 Å². The Morgan fingerprint density at radius 2 is 2.18 bits per heavy atom. The van der Waals surface area contributed by atoms with Gasteiger partial charge in [-0.25, -0.2) is 4.98 Å². The normalized spacial score (nSPS) is 18.2. The van der Waals surface area contributed by atoms with Gasteiger partial charge in [-0.05, 0) is 67.8 Å². The zero-order chi connectivity index (χ0) is 23.5. The first-order chi connectivity index (χ1) is 16.6. The van der Waals surface area contributed by atoms with Crippen LogP contribution in [0.3, 0.4) is 0 Å². The van der Waals surface area contributed by atoms with Gasteiger partial charge in [-0.2, -0.15) is 0 Å². The monoisotopic (exact) mass is 477 g/mol. The molecule has 0 radical (unpaired) electrons. The Labute approximate surface area is 204 Å². The highest BCUT2D eigenvalue weighted by atomic mass is 32.1. The number of hydrogen-bond donors (Lipinski definition) is 0. The Hall–Kier alpha value is -2.77. The number of carbonyl (C=O) groups is 2. The molecule has 0 unspecified atom stereocenters. The Morgan fingerprint density at radius 3 is 2.91 bits per heavy atom. The number of amides is 2. The van der Waals surface area contributed by atoms with E-state index in [1.54, 1.807) is 11.3 Å². The summed E-state index contributed by atoms with van der Waals surface area (Å²) in [7, 11) is 0. The highest BCUT2D eigenvalue weighted by Crippen LogP contribution is 2.31. The number of thiophene rings is 1. The summed E-state index contributed by atoms with van der Waals surface area (Å²) in [5.41, 5.74) is 4.13. The summed E-state index contributed by atoms with van der Waals surface area (Å²) in [5, 5.41) is 3.14. The molecular weight excluding hydrogens is 446 g/mol. The summed E-state index contributed by atoms with van der Waals surface area (Å²) in [6.07, 6.45) is 3.67. The molecule has 4 heterocycles. The number of aromatic nitrogens is 1. The zero-order valence-electron chi connectivity index (χ0n) is 19.7. The van der Waals surface area contributed by atoms with Gasteiger partial charge in [-0.1, -0.05) is 17.7 Å². The maximum atomic E-state index is 13.5. The van der Waals surface area contributed by atoms with Crippen LogP contribution in [0.4, 0.5) is 0 Å². The molecule has 7 heteroatoms. The number of rotatable bonds is 8. The Morgan fingerprint density at radius 1 is 1.26 bits per heavy atom. The van der Waals surface area contributed by atoms with Crippen LogP contribution < -0.4 is 0 Å². The summed E-state index contributed by atoms with van der Waals surface area (Å²) in [4.78, 5) is 35.4. The standard InChI is InChI=1S/C27H31N3O3S/c1-19-9-10-22-20(16-19)17-21(26(28-22)24-7-4-15-34-24)18-30(27(32)23-6-3-14-33-23)13-5-12-29-11-2-8-25(29)31/h4,7,9-10,15-17,23H,2-3,5-6,8,11-14,18H2,1H3/t23-/m1/s1. The molecule has 2 saturated heterocycles. The molecule has 2 fully saturated rings. The van der Waals surface area contributed by atoms with E-state index in [4.69, 9.17) is 9.72 Å². The largest absolute Gasteiger partial charge is 0.368 e. The van der Waals surface area contributed by atoms with E-state index in [-0.39, 0.29) is 17.9 Å². The molecule has 178 valence electrons. The molecule has 0 saturated carbocycles. The second-order valence-electron chi connectivity index (χ2n) is 9.27. The van der Waals surface area contributed by atoms with Crippen LogP contribution in [0, 0.1) is 6.92 Å². The summed E-state index contributed by atoms with van der Waals surface area (Å²) in [6.45, 7) is 5.33. The fourth-order valence-corrected chi connectivity index (χ4v) is 5.68. The summed E-state index contributed by atoms with van der Waals surface area (Å²) >= 11 is 1.66. The van der Waals surface area contributed by atoms with Crippen LogP contribution in [-0.2, 0) is 20.9 Å². The second-order valence-corrected chi connectivity index (χ2v) is 10.2. The van der Waals surface area contributed by atoms with E-state index in [1.165, 1.54) is 5.56 Å². The zero-order valence-corrected chi connectivity index (χ0v) is 20.5. The minimum absolute atomic E-state index is 0.0479. The Balaban J connectivity index is 1.43. The van der Waals surface area contributed by atoms with Crippen molar-refractivity contribution in [2.75, 3.05) is 26.2 Å². The molecular formula is C27H31N3O3S. The molecule has 34 heavy (non-hydrogen) atoms. The molecule has 6 nitrogen and oxygen atoms in total. The minimum atomic E-state index is -0.366. The topological polar surface area (TPSA) is 62.7 Å². The van der Waals surface area contributed by atoms with Crippen molar-refractivity contribution in [3.8, 4) is 10.6 Å². The van der Waals surface area contributed by atoms with Crippen LogP contribution >= 0.6 is 11.3 Å². The molecule has 0 N–H and O–H groups in total. The van der Waals surface area contributed by atoms with Gasteiger partial charge in [0.05, 0.1) is 16.1 Å². The lowest BCUT2D eigenvalue weighted by Crippen LogP contribution is -2.40. The molecule has 1 aromatic carbocycles. The Bertz CT molecular complexity index is 1170. The van der Waals surface area contributed by atoms with Gasteiger partial charge < -0.3 is 14.5 Å². The van der Waals surface area contributed by atoms with Crippen LogP contribution in [0.1, 0.15) is 43.2 Å². The molecule has 2 amide bonds. The van der Waals surface area contributed by atoms with Gasteiger partial charge in [0.25, 0.3) is 5.91 Å². The summed E-state index contributed by atoms with van der Waals surface area (Å²) in [5.74, 6) is 0.276. The summed E-state index contributed by atoms with van der Waals surface area (Å²) < 4.78 is 5.75. The van der Waals surface area contributed by atoms with E-state index >= 15 is 0 Å². The van der Waals surface area contributed by atoms with Crippen LogP contribution in [0.25, 0.3) is 21.5 Å². The quantitative estimate of drug-likeness (QED) is 0.468. The number of hydrogen-bond acceptors (Lipinski definition) is 5. The van der Waals surface area contributed by atoms with E-state index in [2.05, 4.69) is 42.6 Å². The number of ether oxygens (including phenoxy) is 1. The predicted octanol–water partition coefficient (Wildman–Crippen LogP) is 4.79. The SMILES string of the molecule is Cc1ccc2nc(-c3cccs3)c(CN(CCCN3CCCC3=O)C(=O)[C@H]3CCCO3)cc2c1. The van der Waals surface area contributed by atoms with E-state index in [1.807, 2.05) is 15.9 Å². The van der Waals surface area contributed by atoms with Crippen molar-refractivity contribution < 1.29 is 14.3 Å². The average Bonchev–Trinajstić information content (AvgIpc) is 3.61. The molecule has 0 spiro atoms. The second kappa shape index (κ2) is 10.2. The van der Waals surface area contributed by atoms with Crippen molar-refractivity contribution in [2.24, 2.45) is 0 Å². The first-order valence-electron chi connectivity index (χ1n) is 12.2. The third-order valence-electron chi connectivity index (χ3n) is 6.71. The van der Waals surface area contributed by atoms with E-state index in [0.717, 1.165) is 59.3 Å². The number of likely N-dealkylation sites (tertiary alicyclic amines) is 1. The fraction of sp³-hybridized carbons (Fsp3) is 0.444. The van der Waals surface area contributed by atoms with Gasteiger partial charge in [0.1, 0.15) is 6.10 Å². The number of pyridine rings is 1. The van der Waals surface area contributed by atoms with Crippen molar-refractivity contribution in [3.05, 3.63) is 52.9 Å². The van der Waals surface area contributed by atoms with Crippen molar-refractivity contribution >= 4 is 34.1 Å². The molecule has 2 aliphatic heterocycles. The third kappa shape index (κ3) is 5.00. The molecule has 0 aliphatic carbocycles. The third-order valence-corrected chi connectivity index (χ3v) is 7.59. The van der Waals surface area contributed by atoms with Gasteiger partial charge in [0.15, 0.2) is 0 Å². The van der Waals surface area contributed by atoms with Gasteiger partial charge in [-0.15, -0.1) is 11.3 Å². The predicted molar refractivity (Wildman–Crippen MR) is 135 cm³/mol. The van der Waals surface area contributed by atoms with Crippen molar-refractivity contribution in [2.45, 2.75) is 51.7 Å². The van der Waals surface area contributed by atoms with Gasteiger partial charge in [0, 0.05) is 44.6 Å². The van der Waals surface area contributed by atoms with E-state index < -0.39 is 0 Å². The smallest absolute Gasteiger partial charge is 0.252 e. The number of fused-ring (bicyclic) bond motifs is 1. The molecule has 1 atom stereocenters. The molecule has 5 rings (SSSR count). The van der Waals surface area contributed by atoms with Crippen molar-refractivity contribution in [3.63, 3.8) is 0 Å². The Kier molecular flexibility index (Phi) is 6.92. The van der Waals surface area contributed by atoms with Gasteiger partial charge >= 0.3 is 0 Å². The van der Waals surface area contributed by atoms with E-state index in [0.29, 0.717) is 32.7 Å². The first kappa shape index (κ1) is 23.0. The highest BCUT2D eigenvalue weighted by Gasteiger charge is 2.29. The van der Waals surface area contributed by atoms with Crippen molar-refractivity contribution in [1.29, 1.82) is 0 Å². The van der Waals surface area contributed by atoms with E-state index in [9.17, 15) is 9.59 Å². The lowest BCUT2D eigenvalue weighted by Gasteiger charge is -2.27. The number of carbonyl (C=O) groups excluding carboxylic acids is 2.